The van der Waals surface area contributed by atoms with E-state index in [1.165, 1.54) is 0 Å². The molecule has 0 bridgehead atoms. The standard InChI is InChI=1S/C17H18N2O4/c20-16(15-12-8-4-5-9-14(12)23-19-15)18-13(17(21)22)10-11-6-2-1-3-7-11/h1-3,6-7,13H,4-5,8-10H2,(H,18,20)(H,21,22)/t13-/m0/s1. The number of aryl methyl sites for hydroxylation is 1. The smallest absolute Gasteiger partial charge is 0.326 e. The number of benzene rings is 1. The molecule has 0 unspecified atom stereocenters. The van der Waals surface area contributed by atoms with E-state index in [1.54, 1.807) is 0 Å². The Hall–Kier alpha value is -2.63. The molecule has 3 rings (SSSR count). The van der Waals surface area contributed by atoms with Gasteiger partial charge in [0.05, 0.1) is 0 Å². The summed E-state index contributed by atoms with van der Waals surface area (Å²) in [5.74, 6) is -0.809. The molecule has 0 saturated heterocycles. The second-order valence-electron chi connectivity index (χ2n) is 5.69. The van der Waals surface area contributed by atoms with Crippen LogP contribution in [-0.4, -0.2) is 28.2 Å². The molecule has 1 aliphatic rings. The van der Waals surface area contributed by atoms with Gasteiger partial charge in [-0.3, -0.25) is 4.79 Å². The second kappa shape index (κ2) is 6.64. The summed E-state index contributed by atoms with van der Waals surface area (Å²) < 4.78 is 5.21. The first-order valence-electron chi connectivity index (χ1n) is 7.70. The number of carboxylic acid groups (broad SMARTS) is 1. The van der Waals surface area contributed by atoms with Crippen LogP contribution in [0.2, 0.25) is 0 Å². The van der Waals surface area contributed by atoms with Gasteiger partial charge in [-0.2, -0.15) is 0 Å². The van der Waals surface area contributed by atoms with E-state index in [9.17, 15) is 14.7 Å². The molecular formula is C17H18N2O4. The van der Waals surface area contributed by atoms with Crippen molar-refractivity contribution in [2.24, 2.45) is 0 Å². The predicted octanol–water partition coefficient (Wildman–Crippen LogP) is 1.98. The molecule has 0 saturated carbocycles. The highest BCUT2D eigenvalue weighted by atomic mass is 16.5. The number of aromatic nitrogens is 1. The fourth-order valence-corrected chi connectivity index (χ4v) is 2.84. The summed E-state index contributed by atoms with van der Waals surface area (Å²) in [5.41, 5.74) is 1.89. The number of nitrogens with one attached hydrogen (secondary N) is 1. The molecule has 1 aliphatic carbocycles. The van der Waals surface area contributed by atoms with Crippen molar-refractivity contribution in [1.82, 2.24) is 10.5 Å². The van der Waals surface area contributed by atoms with Gasteiger partial charge in [0.1, 0.15) is 11.8 Å². The summed E-state index contributed by atoms with van der Waals surface area (Å²) in [6.07, 6.45) is 3.76. The first-order chi connectivity index (χ1) is 11.1. The van der Waals surface area contributed by atoms with E-state index in [0.717, 1.165) is 42.6 Å². The maximum atomic E-state index is 12.4. The number of carbonyl (C=O) groups is 2. The van der Waals surface area contributed by atoms with E-state index in [1.807, 2.05) is 30.3 Å². The van der Waals surface area contributed by atoms with E-state index in [0.29, 0.717) is 0 Å². The lowest BCUT2D eigenvalue weighted by Crippen LogP contribution is -2.42. The number of carboxylic acids is 1. The van der Waals surface area contributed by atoms with Crippen LogP contribution >= 0.6 is 0 Å². The summed E-state index contributed by atoms with van der Waals surface area (Å²) in [6.45, 7) is 0. The molecule has 2 N–H and O–H groups in total. The number of nitrogens with zero attached hydrogens (tertiary/aromatic N) is 1. The average molecular weight is 314 g/mol. The first-order valence-corrected chi connectivity index (χ1v) is 7.70. The Bertz CT molecular complexity index is 709. The van der Waals surface area contributed by atoms with Crippen LogP contribution in [0, 0.1) is 0 Å². The van der Waals surface area contributed by atoms with Gasteiger partial charge in [-0.15, -0.1) is 0 Å². The van der Waals surface area contributed by atoms with Gasteiger partial charge in [-0.1, -0.05) is 35.5 Å². The summed E-state index contributed by atoms with van der Waals surface area (Å²) in [6, 6.07) is 8.20. The number of fused-ring (bicyclic) bond motifs is 1. The minimum absolute atomic E-state index is 0.221. The maximum Gasteiger partial charge on any atom is 0.326 e. The van der Waals surface area contributed by atoms with Gasteiger partial charge in [-0.05, 0) is 24.8 Å². The molecule has 1 aromatic heterocycles. The SMILES string of the molecule is O=C(N[C@@H](Cc1ccccc1)C(=O)O)c1noc2c1CCCC2. The quantitative estimate of drug-likeness (QED) is 0.880. The minimum Gasteiger partial charge on any atom is -0.480 e. The first kappa shape index (κ1) is 15.3. The van der Waals surface area contributed by atoms with Crippen LogP contribution in [0.25, 0.3) is 0 Å². The van der Waals surface area contributed by atoms with Crippen molar-refractivity contribution in [3.63, 3.8) is 0 Å². The van der Waals surface area contributed by atoms with Crippen molar-refractivity contribution >= 4 is 11.9 Å². The number of carbonyl (C=O) groups excluding carboxylic acids is 1. The molecule has 1 amide bonds. The van der Waals surface area contributed by atoms with Crippen molar-refractivity contribution < 1.29 is 19.2 Å². The third kappa shape index (κ3) is 3.41. The molecule has 120 valence electrons. The van der Waals surface area contributed by atoms with Gasteiger partial charge in [0.2, 0.25) is 0 Å². The zero-order chi connectivity index (χ0) is 16.2. The van der Waals surface area contributed by atoms with E-state index in [2.05, 4.69) is 10.5 Å². The molecule has 23 heavy (non-hydrogen) atoms. The van der Waals surface area contributed by atoms with E-state index >= 15 is 0 Å². The van der Waals surface area contributed by atoms with Crippen LogP contribution in [0.3, 0.4) is 0 Å². The summed E-state index contributed by atoms with van der Waals surface area (Å²) >= 11 is 0. The fourth-order valence-electron chi connectivity index (χ4n) is 2.84. The Labute approximate surface area is 133 Å². The highest BCUT2D eigenvalue weighted by Crippen LogP contribution is 2.24. The van der Waals surface area contributed by atoms with Crippen LogP contribution in [-0.2, 0) is 24.1 Å². The molecule has 1 atom stereocenters. The number of rotatable bonds is 5. The Morgan fingerprint density at radius 3 is 2.70 bits per heavy atom. The van der Waals surface area contributed by atoms with Gasteiger partial charge < -0.3 is 14.9 Å². The molecule has 2 aromatic rings. The summed E-state index contributed by atoms with van der Waals surface area (Å²) in [4.78, 5) is 23.8. The number of hydrogen-bond donors (Lipinski definition) is 2. The summed E-state index contributed by atoms with van der Waals surface area (Å²) in [5, 5.41) is 15.8. The van der Waals surface area contributed by atoms with Gasteiger partial charge in [0, 0.05) is 18.4 Å². The molecular weight excluding hydrogens is 296 g/mol. The van der Waals surface area contributed by atoms with Gasteiger partial charge in [-0.25, -0.2) is 4.79 Å². The van der Waals surface area contributed by atoms with Crippen molar-refractivity contribution in [3.05, 3.63) is 52.9 Å². The third-order valence-corrected chi connectivity index (χ3v) is 4.05. The lowest BCUT2D eigenvalue weighted by molar-refractivity contribution is -0.139. The highest BCUT2D eigenvalue weighted by Gasteiger charge is 2.27. The largest absolute Gasteiger partial charge is 0.480 e. The fraction of sp³-hybridized carbons (Fsp3) is 0.353. The van der Waals surface area contributed by atoms with Crippen LogP contribution in [0.5, 0.6) is 0 Å². The third-order valence-electron chi connectivity index (χ3n) is 4.05. The predicted molar refractivity (Wildman–Crippen MR) is 82.2 cm³/mol. The van der Waals surface area contributed by atoms with Crippen LogP contribution in [0.1, 0.15) is 40.2 Å². The molecule has 0 radical (unpaired) electrons. The molecule has 0 fully saturated rings. The molecule has 6 nitrogen and oxygen atoms in total. The molecule has 6 heteroatoms. The van der Waals surface area contributed by atoms with Crippen molar-refractivity contribution in [2.75, 3.05) is 0 Å². The molecule has 0 aliphatic heterocycles. The Kier molecular flexibility index (Phi) is 4.41. The lowest BCUT2D eigenvalue weighted by atomic mass is 9.96. The second-order valence-corrected chi connectivity index (χ2v) is 5.69. The number of hydrogen-bond acceptors (Lipinski definition) is 4. The summed E-state index contributed by atoms with van der Waals surface area (Å²) in [7, 11) is 0. The molecule has 1 heterocycles. The topological polar surface area (TPSA) is 92.4 Å². The monoisotopic (exact) mass is 314 g/mol. The van der Waals surface area contributed by atoms with Gasteiger partial charge in [0.25, 0.3) is 5.91 Å². The average Bonchev–Trinajstić information content (AvgIpc) is 2.99. The molecule has 1 aromatic carbocycles. The van der Waals surface area contributed by atoms with Crippen LogP contribution in [0.15, 0.2) is 34.9 Å². The Morgan fingerprint density at radius 1 is 1.22 bits per heavy atom. The Morgan fingerprint density at radius 2 is 1.96 bits per heavy atom. The lowest BCUT2D eigenvalue weighted by Gasteiger charge is -2.15. The van der Waals surface area contributed by atoms with Crippen molar-refractivity contribution in [1.29, 1.82) is 0 Å². The zero-order valence-corrected chi connectivity index (χ0v) is 12.6. The van der Waals surface area contributed by atoms with Crippen molar-refractivity contribution in [3.8, 4) is 0 Å². The zero-order valence-electron chi connectivity index (χ0n) is 12.6. The molecule has 0 spiro atoms. The van der Waals surface area contributed by atoms with E-state index in [4.69, 9.17) is 4.52 Å². The normalized spacial score (nSPS) is 14.8. The van der Waals surface area contributed by atoms with Crippen LogP contribution in [0.4, 0.5) is 0 Å². The van der Waals surface area contributed by atoms with E-state index in [-0.39, 0.29) is 12.1 Å². The van der Waals surface area contributed by atoms with Gasteiger partial charge in [0.15, 0.2) is 5.69 Å². The number of aliphatic carboxylic acids is 1. The van der Waals surface area contributed by atoms with Crippen LogP contribution < -0.4 is 5.32 Å². The van der Waals surface area contributed by atoms with Crippen molar-refractivity contribution in [2.45, 2.75) is 38.1 Å². The maximum absolute atomic E-state index is 12.4. The number of amides is 1. The minimum atomic E-state index is -1.07. The van der Waals surface area contributed by atoms with Gasteiger partial charge >= 0.3 is 5.97 Å². The highest BCUT2D eigenvalue weighted by molar-refractivity contribution is 5.96. The Balaban J connectivity index is 1.74. The van der Waals surface area contributed by atoms with E-state index < -0.39 is 17.9 Å².